The van der Waals surface area contributed by atoms with E-state index in [0.717, 1.165) is 31.5 Å². The molecule has 1 saturated heterocycles. The number of carbonyl (C=O) groups excluding carboxylic acids is 1. The van der Waals surface area contributed by atoms with E-state index in [1.165, 1.54) is 0 Å². The molecule has 0 radical (unpaired) electrons. The quantitative estimate of drug-likeness (QED) is 0.760. The monoisotopic (exact) mass is 250 g/mol. The summed E-state index contributed by atoms with van der Waals surface area (Å²) >= 11 is 0. The second-order valence-corrected chi connectivity index (χ2v) is 4.35. The highest BCUT2D eigenvalue weighted by molar-refractivity contribution is 5.68. The van der Waals surface area contributed by atoms with E-state index in [2.05, 4.69) is 18.5 Å². The molecule has 1 amide bonds. The molecular weight excluding hydrogens is 228 g/mol. The molecule has 4 heteroatoms. The molecule has 0 bridgehead atoms. The molecule has 1 rings (SSSR count). The highest BCUT2D eigenvalue weighted by Gasteiger charge is 2.22. The van der Waals surface area contributed by atoms with Crippen LogP contribution in [0.15, 0.2) is 37.0 Å². The maximum absolute atomic E-state index is 11.9. The molecular formula is C14H22N2O2. The van der Waals surface area contributed by atoms with Gasteiger partial charge in [-0.25, -0.2) is 4.79 Å². The summed E-state index contributed by atoms with van der Waals surface area (Å²) in [6, 6.07) is 0.224. The van der Waals surface area contributed by atoms with Gasteiger partial charge in [0, 0.05) is 19.6 Å². The van der Waals surface area contributed by atoms with E-state index in [-0.39, 0.29) is 18.7 Å². The third kappa shape index (κ3) is 4.37. The standard InChI is InChI=1S/C14H22N2O2/c1-4-7-12(5-2)11-18-14(17)16(3)13-8-6-9-15-10-13/h4-5,7,13,15H,1-2,6,8-11H2,3H3/b12-7+. The number of likely N-dealkylation sites (N-methyl/N-ethyl adjacent to an activating group) is 1. The van der Waals surface area contributed by atoms with Crippen LogP contribution in [0.3, 0.4) is 0 Å². The molecule has 1 atom stereocenters. The van der Waals surface area contributed by atoms with Gasteiger partial charge in [-0.15, -0.1) is 0 Å². The smallest absolute Gasteiger partial charge is 0.410 e. The van der Waals surface area contributed by atoms with E-state index in [0.29, 0.717) is 0 Å². The van der Waals surface area contributed by atoms with Crippen LogP contribution >= 0.6 is 0 Å². The minimum atomic E-state index is -0.291. The Balaban J connectivity index is 2.41. The fourth-order valence-electron chi connectivity index (χ4n) is 1.89. The molecule has 0 aromatic rings. The summed E-state index contributed by atoms with van der Waals surface area (Å²) in [5.41, 5.74) is 0.841. The lowest BCUT2D eigenvalue weighted by molar-refractivity contribution is 0.0991. The number of amides is 1. The summed E-state index contributed by atoms with van der Waals surface area (Å²) in [5.74, 6) is 0. The number of piperidine rings is 1. The summed E-state index contributed by atoms with van der Waals surface area (Å²) in [6.07, 6.45) is 6.92. The Morgan fingerprint density at radius 2 is 2.33 bits per heavy atom. The van der Waals surface area contributed by atoms with Gasteiger partial charge in [0.05, 0.1) is 0 Å². The third-order valence-corrected chi connectivity index (χ3v) is 3.06. The van der Waals surface area contributed by atoms with Crippen LogP contribution in [0.5, 0.6) is 0 Å². The number of rotatable bonds is 5. The van der Waals surface area contributed by atoms with Gasteiger partial charge in [-0.3, -0.25) is 0 Å². The number of ether oxygens (including phenoxy) is 1. The van der Waals surface area contributed by atoms with Gasteiger partial charge in [-0.2, -0.15) is 0 Å². The largest absolute Gasteiger partial charge is 0.445 e. The minimum Gasteiger partial charge on any atom is -0.445 e. The number of nitrogens with one attached hydrogen (secondary N) is 1. The lowest BCUT2D eigenvalue weighted by Gasteiger charge is -2.30. The molecule has 1 heterocycles. The normalized spacial score (nSPS) is 20.1. The van der Waals surface area contributed by atoms with Crippen molar-refractivity contribution in [2.24, 2.45) is 0 Å². The van der Waals surface area contributed by atoms with Crippen LogP contribution in [0.2, 0.25) is 0 Å². The Labute approximate surface area is 109 Å². The van der Waals surface area contributed by atoms with E-state index < -0.39 is 0 Å². The molecule has 4 nitrogen and oxygen atoms in total. The Morgan fingerprint density at radius 3 is 2.89 bits per heavy atom. The van der Waals surface area contributed by atoms with Gasteiger partial charge in [-0.05, 0) is 25.0 Å². The Bertz CT molecular complexity index is 331. The van der Waals surface area contributed by atoms with Crippen LogP contribution in [0.25, 0.3) is 0 Å². The molecule has 0 saturated carbocycles. The van der Waals surface area contributed by atoms with Crippen molar-refractivity contribution in [1.29, 1.82) is 0 Å². The number of allylic oxidation sites excluding steroid dienone is 2. The van der Waals surface area contributed by atoms with Crippen molar-refractivity contribution < 1.29 is 9.53 Å². The molecule has 0 aliphatic carbocycles. The zero-order valence-corrected chi connectivity index (χ0v) is 11.0. The first-order valence-corrected chi connectivity index (χ1v) is 6.23. The van der Waals surface area contributed by atoms with Crippen LogP contribution in [-0.2, 0) is 4.74 Å². The maximum Gasteiger partial charge on any atom is 0.410 e. The fourth-order valence-corrected chi connectivity index (χ4v) is 1.89. The van der Waals surface area contributed by atoms with Crippen LogP contribution in [0.4, 0.5) is 4.79 Å². The number of hydrogen-bond acceptors (Lipinski definition) is 3. The lowest BCUT2D eigenvalue weighted by Crippen LogP contribution is -2.46. The molecule has 0 aromatic heterocycles. The zero-order chi connectivity index (χ0) is 13.4. The van der Waals surface area contributed by atoms with Crippen molar-refractivity contribution in [2.45, 2.75) is 18.9 Å². The lowest BCUT2D eigenvalue weighted by atomic mass is 10.1. The van der Waals surface area contributed by atoms with Crippen LogP contribution in [-0.4, -0.2) is 43.8 Å². The van der Waals surface area contributed by atoms with E-state index >= 15 is 0 Å². The van der Waals surface area contributed by atoms with Crippen molar-refractivity contribution in [2.75, 3.05) is 26.7 Å². The van der Waals surface area contributed by atoms with E-state index in [4.69, 9.17) is 4.74 Å². The maximum atomic E-state index is 11.9. The summed E-state index contributed by atoms with van der Waals surface area (Å²) in [7, 11) is 1.78. The fraction of sp³-hybridized carbons (Fsp3) is 0.500. The molecule has 1 fully saturated rings. The SMILES string of the molecule is C=C/C=C(\C=C)COC(=O)N(C)C1CCCNC1. The highest BCUT2D eigenvalue weighted by Crippen LogP contribution is 2.10. The van der Waals surface area contributed by atoms with Gasteiger partial charge in [0.1, 0.15) is 6.61 Å². The van der Waals surface area contributed by atoms with Gasteiger partial charge in [0.2, 0.25) is 0 Å². The summed E-state index contributed by atoms with van der Waals surface area (Å²) in [4.78, 5) is 13.5. The number of nitrogens with zero attached hydrogens (tertiary/aromatic N) is 1. The third-order valence-electron chi connectivity index (χ3n) is 3.06. The van der Waals surface area contributed by atoms with Gasteiger partial charge >= 0.3 is 6.09 Å². The van der Waals surface area contributed by atoms with Gasteiger partial charge in [0.15, 0.2) is 0 Å². The zero-order valence-electron chi connectivity index (χ0n) is 11.0. The molecule has 1 aliphatic heterocycles. The number of carbonyl (C=O) groups is 1. The molecule has 18 heavy (non-hydrogen) atoms. The van der Waals surface area contributed by atoms with Gasteiger partial charge < -0.3 is 15.0 Å². The average Bonchev–Trinajstić information content (AvgIpc) is 2.43. The van der Waals surface area contributed by atoms with Gasteiger partial charge in [0.25, 0.3) is 0 Å². The van der Waals surface area contributed by atoms with E-state index in [9.17, 15) is 4.79 Å². The second kappa shape index (κ2) is 7.71. The predicted molar refractivity (Wildman–Crippen MR) is 73.5 cm³/mol. The predicted octanol–water partition coefficient (Wildman–Crippen LogP) is 2.11. The van der Waals surface area contributed by atoms with Crippen molar-refractivity contribution in [3.05, 3.63) is 37.0 Å². The molecule has 100 valence electrons. The first-order valence-electron chi connectivity index (χ1n) is 6.23. The van der Waals surface area contributed by atoms with Crippen LogP contribution in [0.1, 0.15) is 12.8 Å². The van der Waals surface area contributed by atoms with Crippen LogP contribution < -0.4 is 5.32 Å². The average molecular weight is 250 g/mol. The van der Waals surface area contributed by atoms with Crippen molar-refractivity contribution in [1.82, 2.24) is 10.2 Å². The van der Waals surface area contributed by atoms with E-state index in [1.807, 2.05) is 0 Å². The minimum absolute atomic E-state index is 0.224. The Hall–Kier alpha value is -1.55. The second-order valence-electron chi connectivity index (χ2n) is 4.35. The molecule has 0 spiro atoms. The first-order chi connectivity index (χ1) is 8.69. The summed E-state index contributed by atoms with van der Waals surface area (Å²) < 4.78 is 5.23. The highest BCUT2D eigenvalue weighted by atomic mass is 16.6. The van der Waals surface area contributed by atoms with Crippen molar-refractivity contribution in [3.63, 3.8) is 0 Å². The molecule has 1 unspecified atom stereocenters. The van der Waals surface area contributed by atoms with Crippen LogP contribution in [0, 0.1) is 0 Å². The molecule has 0 aromatic carbocycles. The number of hydrogen-bond donors (Lipinski definition) is 1. The molecule has 1 N–H and O–H groups in total. The first kappa shape index (κ1) is 14.5. The Kier molecular flexibility index (Phi) is 6.22. The topological polar surface area (TPSA) is 41.6 Å². The van der Waals surface area contributed by atoms with Gasteiger partial charge in [-0.1, -0.05) is 31.4 Å². The summed E-state index contributed by atoms with van der Waals surface area (Å²) in [6.45, 7) is 9.36. The Morgan fingerprint density at radius 1 is 1.56 bits per heavy atom. The summed E-state index contributed by atoms with van der Waals surface area (Å²) in [5, 5.41) is 3.28. The molecule has 1 aliphatic rings. The van der Waals surface area contributed by atoms with Crippen molar-refractivity contribution >= 4 is 6.09 Å². The van der Waals surface area contributed by atoms with Crippen molar-refractivity contribution in [3.8, 4) is 0 Å². The van der Waals surface area contributed by atoms with E-state index in [1.54, 1.807) is 30.2 Å².